The molecule has 102 valence electrons. The second kappa shape index (κ2) is 6.19. The van der Waals surface area contributed by atoms with Crippen molar-refractivity contribution in [1.29, 1.82) is 0 Å². The molecule has 1 unspecified atom stereocenters. The summed E-state index contributed by atoms with van der Waals surface area (Å²) in [4.78, 5) is 0. The molecule has 0 spiro atoms. The molecule has 1 saturated heterocycles. The lowest BCUT2D eigenvalue weighted by molar-refractivity contribution is 0.520. The summed E-state index contributed by atoms with van der Waals surface area (Å²) < 4.78 is 27.5. The van der Waals surface area contributed by atoms with Gasteiger partial charge in [0.2, 0.25) is 10.0 Å². The summed E-state index contributed by atoms with van der Waals surface area (Å²) in [6, 6.07) is 1.47. The first-order chi connectivity index (χ1) is 8.49. The Kier molecular flexibility index (Phi) is 5.07. The maximum absolute atomic E-state index is 12.0. The minimum Gasteiger partial charge on any atom is -0.316 e. The third kappa shape index (κ3) is 3.68. The smallest absolute Gasteiger partial charge is 0.250 e. The molecule has 2 heterocycles. The predicted octanol–water partition coefficient (Wildman–Crippen LogP) is 2.44. The van der Waals surface area contributed by atoms with Crippen LogP contribution in [0.2, 0.25) is 5.02 Å². The molecule has 0 radical (unpaired) electrons. The molecule has 1 aromatic rings. The van der Waals surface area contributed by atoms with Crippen LogP contribution in [-0.2, 0) is 10.0 Å². The van der Waals surface area contributed by atoms with Gasteiger partial charge in [0.05, 0.1) is 8.81 Å². The van der Waals surface area contributed by atoms with Gasteiger partial charge in [0.25, 0.3) is 0 Å². The van der Waals surface area contributed by atoms with Crippen LogP contribution in [-0.4, -0.2) is 28.1 Å². The highest BCUT2D eigenvalue weighted by atomic mass is 79.9. The number of sulfonamides is 1. The molecule has 0 bridgehead atoms. The summed E-state index contributed by atoms with van der Waals surface area (Å²) >= 11 is 10.2. The van der Waals surface area contributed by atoms with E-state index in [-0.39, 0.29) is 4.21 Å². The number of halogens is 2. The lowest BCUT2D eigenvalue weighted by atomic mass is 10.1. The van der Waals surface area contributed by atoms with Crippen molar-refractivity contribution in [3.05, 3.63) is 14.9 Å². The Balaban J connectivity index is 1.90. The molecule has 0 saturated carbocycles. The van der Waals surface area contributed by atoms with Crippen LogP contribution in [0.1, 0.15) is 12.8 Å². The summed E-state index contributed by atoms with van der Waals surface area (Å²) in [5.41, 5.74) is 0. The van der Waals surface area contributed by atoms with Crippen molar-refractivity contribution in [2.24, 2.45) is 5.92 Å². The minimum absolute atomic E-state index is 0.254. The molecule has 2 N–H and O–H groups in total. The first-order valence-electron chi connectivity index (χ1n) is 5.64. The minimum atomic E-state index is -3.42. The summed E-state index contributed by atoms with van der Waals surface area (Å²) in [6.45, 7) is 2.49. The largest absolute Gasteiger partial charge is 0.316 e. The van der Waals surface area contributed by atoms with Gasteiger partial charge < -0.3 is 5.32 Å². The van der Waals surface area contributed by atoms with Crippen LogP contribution in [0, 0.1) is 5.92 Å². The van der Waals surface area contributed by atoms with Gasteiger partial charge in [0.15, 0.2) is 0 Å². The van der Waals surface area contributed by atoms with E-state index in [4.69, 9.17) is 11.6 Å². The van der Waals surface area contributed by atoms with E-state index in [1.807, 2.05) is 0 Å². The second-order valence-electron chi connectivity index (χ2n) is 4.23. The van der Waals surface area contributed by atoms with Gasteiger partial charge in [-0.2, -0.15) is 0 Å². The fourth-order valence-electron chi connectivity index (χ4n) is 1.89. The van der Waals surface area contributed by atoms with Crippen LogP contribution in [0.25, 0.3) is 0 Å². The Morgan fingerprint density at radius 2 is 2.39 bits per heavy atom. The van der Waals surface area contributed by atoms with Crippen molar-refractivity contribution in [2.45, 2.75) is 17.1 Å². The number of thiophene rings is 1. The molecule has 1 aliphatic rings. The quantitative estimate of drug-likeness (QED) is 0.833. The molecule has 1 fully saturated rings. The molecule has 2 rings (SSSR count). The molecule has 1 aromatic heterocycles. The Hall–Kier alpha value is 0.340. The molecular weight excluding hydrogens is 360 g/mol. The fraction of sp³-hybridized carbons (Fsp3) is 0.600. The highest BCUT2D eigenvalue weighted by molar-refractivity contribution is 9.11. The molecule has 1 atom stereocenters. The number of hydrogen-bond donors (Lipinski definition) is 2. The maximum Gasteiger partial charge on any atom is 0.250 e. The first-order valence-corrected chi connectivity index (χ1v) is 9.11. The summed E-state index contributed by atoms with van der Waals surface area (Å²) in [6.07, 6.45) is 1.99. The van der Waals surface area contributed by atoms with Crippen LogP contribution >= 0.6 is 38.9 Å². The van der Waals surface area contributed by atoms with E-state index < -0.39 is 10.0 Å². The normalized spacial score (nSPS) is 20.4. The van der Waals surface area contributed by atoms with Crippen molar-refractivity contribution in [1.82, 2.24) is 10.0 Å². The van der Waals surface area contributed by atoms with Gasteiger partial charge >= 0.3 is 0 Å². The molecule has 1 aliphatic heterocycles. The highest BCUT2D eigenvalue weighted by Crippen LogP contribution is 2.34. The highest BCUT2D eigenvalue weighted by Gasteiger charge is 2.20. The van der Waals surface area contributed by atoms with Crippen LogP contribution in [0.15, 0.2) is 14.1 Å². The molecule has 4 nitrogen and oxygen atoms in total. The topological polar surface area (TPSA) is 58.2 Å². The van der Waals surface area contributed by atoms with Gasteiger partial charge in [-0.1, -0.05) is 11.6 Å². The monoisotopic (exact) mass is 372 g/mol. The Labute approximate surface area is 124 Å². The van der Waals surface area contributed by atoms with Gasteiger partial charge in [-0.25, -0.2) is 13.1 Å². The van der Waals surface area contributed by atoms with Crippen molar-refractivity contribution >= 4 is 48.9 Å². The lowest BCUT2D eigenvalue weighted by Gasteiger charge is -2.08. The first kappa shape index (κ1) is 14.7. The Bertz CT molecular complexity index is 492. The van der Waals surface area contributed by atoms with E-state index in [1.54, 1.807) is 0 Å². The molecule has 0 aromatic carbocycles. The summed E-state index contributed by atoms with van der Waals surface area (Å²) in [7, 11) is -3.42. The van der Waals surface area contributed by atoms with Crippen molar-refractivity contribution < 1.29 is 8.42 Å². The van der Waals surface area contributed by atoms with Crippen LogP contribution in [0.5, 0.6) is 0 Å². The zero-order chi connectivity index (χ0) is 13.2. The number of nitrogens with one attached hydrogen (secondary N) is 2. The van der Waals surface area contributed by atoms with Gasteiger partial charge in [0, 0.05) is 6.54 Å². The average Bonchev–Trinajstić information content (AvgIpc) is 2.90. The van der Waals surface area contributed by atoms with Gasteiger partial charge in [-0.3, -0.25) is 0 Å². The third-order valence-electron chi connectivity index (χ3n) is 2.89. The Morgan fingerprint density at radius 3 is 2.94 bits per heavy atom. The molecule has 0 aliphatic carbocycles. The van der Waals surface area contributed by atoms with E-state index in [0.717, 1.165) is 37.3 Å². The van der Waals surface area contributed by atoms with Crippen LogP contribution in [0.3, 0.4) is 0 Å². The van der Waals surface area contributed by atoms with Crippen LogP contribution in [0.4, 0.5) is 0 Å². The predicted molar refractivity (Wildman–Crippen MR) is 77.8 cm³/mol. The van der Waals surface area contributed by atoms with Gasteiger partial charge in [-0.05, 0) is 53.8 Å². The standard InChI is InChI=1S/C10H14BrClN2O2S2/c11-10-8(12)5-9(17-10)18(15,16)14-4-2-7-1-3-13-6-7/h5,7,13-14H,1-4,6H2. The van der Waals surface area contributed by atoms with E-state index in [0.29, 0.717) is 21.3 Å². The van der Waals surface area contributed by atoms with E-state index >= 15 is 0 Å². The lowest BCUT2D eigenvalue weighted by Crippen LogP contribution is -2.26. The van der Waals surface area contributed by atoms with Crippen molar-refractivity contribution in [2.75, 3.05) is 19.6 Å². The molecular formula is C10H14BrClN2O2S2. The van der Waals surface area contributed by atoms with E-state index in [1.165, 1.54) is 6.07 Å². The molecule has 18 heavy (non-hydrogen) atoms. The van der Waals surface area contributed by atoms with Gasteiger partial charge in [0.1, 0.15) is 4.21 Å². The molecule has 8 heteroatoms. The fourth-order valence-corrected chi connectivity index (χ4v) is 5.38. The number of hydrogen-bond acceptors (Lipinski definition) is 4. The molecule has 0 amide bonds. The van der Waals surface area contributed by atoms with Gasteiger partial charge in [-0.15, -0.1) is 11.3 Å². The van der Waals surface area contributed by atoms with E-state index in [9.17, 15) is 8.42 Å². The van der Waals surface area contributed by atoms with E-state index in [2.05, 4.69) is 26.0 Å². The van der Waals surface area contributed by atoms with Crippen molar-refractivity contribution in [3.63, 3.8) is 0 Å². The summed E-state index contributed by atoms with van der Waals surface area (Å²) in [5, 5.41) is 3.69. The Morgan fingerprint density at radius 1 is 1.61 bits per heavy atom. The second-order valence-corrected chi connectivity index (χ2v) is 9.00. The van der Waals surface area contributed by atoms with Crippen LogP contribution < -0.4 is 10.0 Å². The zero-order valence-electron chi connectivity index (χ0n) is 9.58. The SMILES string of the molecule is O=S(=O)(NCCC1CCNC1)c1cc(Cl)c(Br)s1. The maximum atomic E-state index is 12.0. The summed E-state index contributed by atoms with van der Waals surface area (Å²) in [5.74, 6) is 0.575. The zero-order valence-corrected chi connectivity index (χ0v) is 13.6. The average molecular weight is 374 g/mol. The third-order valence-corrected chi connectivity index (χ3v) is 7.30. The number of rotatable bonds is 5. The van der Waals surface area contributed by atoms with Crippen molar-refractivity contribution in [3.8, 4) is 0 Å².